The van der Waals surface area contributed by atoms with E-state index in [0.717, 1.165) is 37.0 Å². The van der Waals surface area contributed by atoms with Crippen molar-refractivity contribution >= 4 is 17.5 Å². The minimum atomic E-state index is -0.107. The van der Waals surface area contributed by atoms with Crippen molar-refractivity contribution in [3.63, 3.8) is 0 Å². The monoisotopic (exact) mass is 444 g/mol. The van der Waals surface area contributed by atoms with Gasteiger partial charge in [0.15, 0.2) is 5.78 Å². The Balaban J connectivity index is 1.37. The van der Waals surface area contributed by atoms with Crippen LogP contribution in [-0.4, -0.2) is 24.1 Å². The van der Waals surface area contributed by atoms with Crippen LogP contribution in [0.3, 0.4) is 0 Å². The standard InChI is InChI=1S/C28H44O4/c1-5-25(30)32-16-8-6-7-9-19-11-13-22-21-12-10-20-17-24(29)26(31)18(2)28(20,4)23(21)14-15-27(19,22)3/h18-23H,5-17H2,1-4H3/t18-,19+,20-,21-,22-,23-,27+,28-/m0/s1. The van der Waals surface area contributed by atoms with Gasteiger partial charge < -0.3 is 4.74 Å². The number of rotatable bonds is 7. The van der Waals surface area contributed by atoms with Crippen LogP contribution in [0.4, 0.5) is 0 Å². The minimum Gasteiger partial charge on any atom is -0.466 e. The van der Waals surface area contributed by atoms with Crippen molar-refractivity contribution in [2.45, 2.75) is 105 Å². The Bertz CT molecular complexity index is 744. The lowest BCUT2D eigenvalue weighted by Crippen LogP contribution is -2.58. The van der Waals surface area contributed by atoms with Gasteiger partial charge in [0.05, 0.1) is 6.61 Å². The molecule has 4 fully saturated rings. The summed E-state index contributed by atoms with van der Waals surface area (Å²) in [5.74, 6) is 2.96. The Morgan fingerprint density at radius 2 is 1.78 bits per heavy atom. The molecule has 4 aliphatic rings. The third kappa shape index (κ3) is 3.88. The fraction of sp³-hybridized carbons (Fsp3) is 0.893. The first-order chi connectivity index (χ1) is 15.2. The molecule has 0 N–H and O–H groups in total. The molecule has 0 radical (unpaired) electrons. The average molecular weight is 445 g/mol. The maximum Gasteiger partial charge on any atom is 0.305 e. The lowest BCUT2D eigenvalue weighted by atomic mass is 9.42. The molecule has 0 saturated heterocycles. The molecule has 4 saturated carbocycles. The van der Waals surface area contributed by atoms with Crippen LogP contribution in [0.15, 0.2) is 0 Å². The van der Waals surface area contributed by atoms with E-state index in [2.05, 4.69) is 20.8 Å². The zero-order valence-corrected chi connectivity index (χ0v) is 20.8. The predicted molar refractivity (Wildman–Crippen MR) is 125 cm³/mol. The second-order valence-corrected chi connectivity index (χ2v) is 12.0. The van der Waals surface area contributed by atoms with Crippen molar-refractivity contribution < 1.29 is 19.1 Å². The molecule has 0 bridgehead atoms. The number of unbranched alkanes of at least 4 members (excludes halogenated alkanes) is 2. The Hall–Kier alpha value is -1.19. The van der Waals surface area contributed by atoms with E-state index in [1.54, 1.807) is 0 Å². The van der Waals surface area contributed by atoms with Gasteiger partial charge in [0.25, 0.3) is 0 Å². The van der Waals surface area contributed by atoms with Crippen LogP contribution in [0.25, 0.3) is 0 Å². The number of hydrogen-bond donors (Lipinski definition) is 0. The second-order valence-electron chi connectivity index (χ2n) is 12.0. The summed E-state index contributed by atoms with van der Waals surface area (Å²) in [5.41, 5.74) is 0.458. The van der Waals surface area contributed by atoms with Gasteiger partial charge >= 0.3 is 5.97 Å². The predicted octanol–water partition coefficient (Wildman–Crippen LogP) is 6.15. The molecule has 0 aromatic rings. The van der Waals surface area contributed by atoms with Crippen molar-refractivity contribution in [3.8, 4) is 0 Å². The van der Waals surface area contributed by atoms with Gasteiger partial charge in [-0.05, 0) is 91.8 Å². The van der Waals surface area contributed by atoms with E-state index in [-0.39, 0.29) is 28.9 Å². The van der Waals surface area contributed by atoms with E-state index in [0.29, 0.717) is 36.7 Å². The van der Waals surface area contributed by atoms with Crippen LogP contribution < -0.4 is 0 Å². The number of ether oxygens (including phenoxy) is 1. The molecule has 32 heavy (non-hydrogen) atoms. The average Bonchev–Trinajstić information content (AvgIpc) is 3.12. The van der Waals surface area contributed by atoms with Gasteiger partial charge in [0.2, 0.25) is 5.78 Å². The number of carbonyl (C=O) groups excluding carboxylic acids is 3. The zero-order valence-electron chi connectivity index (χ0n) is 20.8. The molecule has 0 aromatic heterocycles. The van der Waals surface area contributed by atoms with Gasteiger partial charge in [-0.25, -0.2) is 0 Å². The molecule has 0 aromatic carbocycles. The largest absolute Gasteiger partial charge is 0.466 e. The summed E-state index contributed by atoms with van der Waals surface area (Å²) < 4.78 is 5.22. The molecule has 0 unspecified atom stereocenters. The van der Waals surface area contributed by atoms with E-state index in [9.17, 15) is 14.4 Å². The number of Topliss-reactive ketones (excluding diaryl/α,β-unsaturated/α-hetero) is 2. The van der Waals surface area contributed by atoms with Gasteiger partial charge in [-0.2, -0.15) is 0 Å². The number of hydrogen-bond acceptors (Lipinski definition) is 4. The smallest absolute Gasteiger partial charge is 0.305 e. The summed E-state index contributed by atoms with van der Waals surface area (Å²) in [6.45, 7) is 9.40. The topological polar surface area (TPSA) is 60.4 Å². The molecule has 4 aliphatic carbocycles. The van der Waals surface area contributed by atoms with Crippen LogP contribution in [0.1, 0.15) is 105 Å². The SMILES string of the molecule is CCC(=O)OCCCCC[C@@H]1CC[C@H]2[C@@H]3CC[C@H]4CC(=O)C(=O)[C@H](C)[C@]4(C)[C@H]3CC[C@]12C. The van der Waals surface area contributed by atoms with Crippen molar-refractivity contribution in [2.24, 2.45) is 46.3 Å². The second kappa shape index (κ2) is 9.22. The third-order valence-corrected chi connectivity index (χ3v) is 10.9. The van der Waals surface area contributed by atoms with Crippen LogP contribution in [0.5, 0.6) is 0 Å². The van der Waals surface area contributed by atoms with Crippen LogP contribution >= 0.6 is 0 Å². The highest BCUT2D eigenvalue weighted by Crippen LogP contribution is 2.68. The van der Waals surface area contributed by atoms with Crippen molar-refractivity contribution in [2.75, 3.05) is 6.61 Å². The maximum absolute atomic E-state index is 12.7. The van der Waals surface area contributed by atoms with Gasteiger partial charge in [0, 0.05) is 18.8 Å². The Kier molecular flexibility index (Phi) is 6.90. The molecule has 0 spiro atoms. The fourth-order valence-corrected chi connectivity index (χ4v) is 8.86. The number of ketones is 2. The molecule has 0 heterocycles. The first kappa shape index (κ1) is 24.0. The first-order valence-corrected chi connectivity index (χ1v) is 13.5. The van der Waals surface area contributed by atoms with E-state index in [1.807, 2.05) is 6.92 Å². The molecule has 0 amide bonds. The summed E-state index contributed by atoms with van der Waals surface area (Å²) >= 11 is 0. The molecular weight excluding hydrogens is 400 g/mol. The third-order valence-electron chi connectivity index (χ3n) is 10.9. The van der Waals surface area contributed by atoms with Crippen LogP contribution in [0.2, 0.25) is 0 Å². The highest BCUT2D eigenvalue weighted by Gasteiger charge is 2.62. The van der Waals surface area contributed by atoms with Gasteiger partial charge in [0.1, 0.15) is 0 Å². The Labute approximate surface area is 194 Å². The van der Waals surface area contributed by atoms with Crippen LogP contribution in [-0.2, 0) is 19.1 Å². The number of fused-ring (bicyclic) bond motifs is 5. The Morgan fingerprint density at radius 1 is 1.00 bits per heavy atom. The molecule has 8 atom stereocenters. The molecule has 180 valence electrons. The minimum absolute atomic E-state index is 0.0171. The van der Waals surface area contributed by atoms with E-state index >= 15 is 0 Å². The summed E-state index contributed by atoms with van der Waals surface area (Å²) in [6, 6.07) is 0. The lowest BCUT2D eigenvalue weighted by molar-refractivity contribution is -0.165. The zero-order chi connectivity index (χ0) is 23.1. The van der Waals surface area contributed by atoms with Crippen molar-refractivity contribution in [3.05, 3.63) is 0 Å². The molecule has 4 heteroatoms. The number of esters is 1. The van der Waals surface area contributed by atoms with Gasteiger partial charge in [-0.1, -0.05) is 40.5 Å². The first-order valence-electron chi connectivity index (χ1n) is 13.5. The molecule has 0 aliphatic heterocycles. The summed E-state index contributed by atoms with van der Waals surface area (Å²) in [4.78, 5) is 36.2. The maximum atomic E-state index is 12.7. The lowest BCUT2D eigenvalue weighted by Gasteiger charge is -2.61. The van der Waals surface area contributed by atoms with E-state index in [1.165, 1.54) is 44.9 Å². The van der Waals surface area contributed by atoms with E-state index < -0.39 is 0 Å². The number of carbonyl (C=O) groups is 3. The highest BCUT2D eigenvalue weighted by atomic mass is 16.5. The van der Waals surface area contributed by atoms with Crippen LogP contribution in [0, 0.1) is 46.3 Å². The van der Waals surface area contributed by atoms with E-state index in [4.69, 9.17) is 4.74 Å². The van der Waals surface area contributed by atoms with Crippen molar-refractivity contribution in [1.82, 2.24) is 0 Å². The molecule has 4 rings (SSSR count). The summed E-state index contributed by atoms with van der Waals surface area (Å²) in [5, 5.41) is 0. The highest BCUT2D eigenvalue weighted by molar-refractivity contribution is 6.38. The van der Waals surface area contributed by atoms with Gasteiger partial charge in [-0.15, -0.1) is 0 Å². The normalized spacial score (nSPS) is 43.4. The molecular formula is C28H44O4. The quantitative estimate of drug-likeness (QED) is 0.268. The summed E-state index contributed by atoms with van der Waals surface area (Å²) in [6.07, 6.45) is 13.2. The van der Waals surface area contributed by atoms with Crippen molar-refractivity contribution in [1.29, 1.82) is 0 Å². The van der Waals surface area contributed by atoms with Gasteiger partial charge in [-0.3, -0.25) is 14.4 Å². The fourth-order valence-electron chi connectivity index (χ4n) is 8.86. The molecule has 4 nitrogen and oxygen atoms in total. The summed E-state index contributed by atoms with van der Waals surface area (Å²) in [7, 11) is 0. The Morgan fingerprint density at radius 3 is 2.53 bits per heavy atom.